The predicted octanol–water partition coefficient (Wildman–Crippen LogP) is 2.59. The van der Waals surface area contributed by atoms with Crippen LogP contribution in [0.15, 0.2) is 41.3 Å². The number of hydrogen-bond donors (Lipinski definition) is 1. The number of ether oxygens (including phenoxy) is 2. The molecule has 0 fully saturated rings. The highest BCUT2D eigenvalue weighted by Gasteiger charge is 2.28. The SMILES string of the molecule is C=CCSc1nnc(NC(=O)[C@@H]2COc3ccccc3O2)s1. The van der Waals surface area contributed by atoms with Crippen molar-refractivity contribution in [2.24, 2.45) is 0 Å². The van der Waals surface area contributed by atoms with Gasteiger partial charge in [0.2, 0.25) is 11.2 Å². The highest BCUT2D eigenvalue weighted by molar-refractivity contribution is 8.01. The zero-order valence-corrected chi connectivity index (χ0v) is 13.2. The van der Waals surface area contributed by atoms with Gasteiger partial charge in [-0.2, -0.15) is 0 Å². The van der Waals surface area contributed by atoms with E-state index < -0.39 is 6.10 Å². The molecule has 0 spiro atoms. The first-order valence-electron chi connectivity index (χ1n) is 6.53. The number of amides is 1. The smallest absolute Gasteiger partial charge is 0.270 e. The van der Waals surface area contributed by atoms with Gasteiger partial charge in [-0.1, -0.05) is 41.3 Å². The predicted molar refractivity (Wildman–Crippen MR) is 85.8 cm³/mol. The molecule has 2 heterocycles. The molecule has 1 aromatic heterocycles. The summed E-state index contributed by atoms with van der Waals surface area (Å²) in [4.78, 5) is 12.2. The summed E-state index contributed by atoms with van der Waals surface area (Å²) in [6.07, 6.45) is 1.08. The molecular weight excluding hydrogens is 322 g/mol. The van der Waals surface area contributed by atoms with E-state index in [0.29, 0.717) is 16.6 Å². The van der Waals surface area contributed by atoms with Crippen LogP contribution in [0.2, 0.25) is 0 Å². The summed E-state index contributed by atoms with van der Waals surface area (Å²) in [5.74, 6) is 1.66. The normalized spacial score (nSPS) is 16.1. The number of nitrogens with one attached hydrogen (secondary N) is 1. The van der Waals surface area contributed by atoms with E-state index in [1.165, 1.54) is 23.1 Å². The summed E-state index contributed by atoms with van der Waals surface area (Å²) in [6, 6.07) is 7.25. The zero-order valence-electron chi connectivity index (χ0n) is 11.5. The topological polar surface area (TPSA) is 73.3 Å². The van der Waals surface area contributed by atoms with E-state index in [2.05, 4.69) is 22.1 Å². The van der Waals surface area contributed by atoms with Crippen molar-refractivity contribution in [2.45, 2.75) is 10.4 Å². The maximum absolute atomic E-state index is 12.2. The Bertz CT molecular complexity index is 689. The molecule has 1 amide bonds. The standard InChI is InChI=1S/C14H13N3O3S2/c1-2-7-21-14-17-16-13(22-14)15-12(18)11-8-19-9-5-3-4-6-10(9)20-11/h2-6,11H,1,7-8H2,(H,15,16,18)/t11-/m0/s1. The third-order valence-corrected chi connectivity index (χ3v) is 4.73. The van der Waals surface area contributed by atoms with Gasteiger partial charge in [0.25, 0.3) is 5.91 Å². The van der Waals surface area contributed by atoms with Crippen molar-refractivity contribution < 1.29 is 14.3 Å². The van der Waals surface area contributed by atoms with Crippen LogP contribution in [0, 0.1) is 0 Å². The zero-order chi connectivity index (χ0) is 15.4. The minimum absolute atomic E-state index is 0.166. The van der Waals surface area contributed by atoms with Crippen molar-refractivity contribution >= 4 is 34.1 Å². The van der Waals surface area contributed by atoms with E-state index in [9.17, 15) is 4.79 Å². The average molecular weight is 335 g/mol. The molecular formula is C14H13N3O3S2. The van der Waals surface area contributed by atoms with Crippen molar-refractivity contribution in [1.29, 1.82) is 0 Å². The monoisotopic (exact) mass is 335 g/mol. The molecule has 0 bridgehead atoms. The van der Waals surface area contributed by atoms with Gasteiger partial charge in [0.05, 0.1) is 0 Å². The van der Waals surface area contributed by atoms with E-state index in [4.69, 9.17) is 9.47 Å². The minimum Gasteiger partial charge on any atom is -0.485 e. The molecule has 6 nitrogen and oxygen atoms in total. The van der Waals surface area contributed by atoms with Crippen LogP contribution in [-0.4, -0.2) is 34.6 Å². The lowest BCUT2D eigenvalue weighted by atomic mass is 10.2. The molecule has 1 aromatic carbocycles. The number of thioether (sulfide) groups is 1. The summed E-state index contributed by atoms with van der Waals surface area (Å²) in [5, 5.41) is 11.1. The fourth-order valence-corrected chi connectivity index (χ4v) is 3.30. The van der Waals surface area contributed by atoms with Crippen molar-refractivity contribution in [1.82, 2.24) is 10.2 Å². The van der Waals surface area contributed by atoms with Gasteiger partial charge in [-0.15, -0.1) is 16.8 Å². The first kappa shape index (κ1) is 14.9. The van der Waals surface area contributed by atoms with Gasteiger partial charge in [-0.25, -0.2) is 0 Å². The second-order valence-electron chi connectivity index (χ2n) is 4.33. The van der Waals surface area contributed by atoms with Gasteiger partial charge in [-0.3, -0.25) is 10.1 Å². The van der Waals surface area contributed by atoms with Crippen molar-refractivity contribution in [3.63, 3.8) is 0 Å². The quantitative estimate of drug-likeness (QED) is 0.514. The van der Waals surface area contributed by atoms with Gasteiger partial charge in [-0.05, 0) is 12.1 Å². The molecule has 1 atom stereocenters. The Morgan fingerprint density at radius 2 is 2.27 bits per heavy atom. The van der Waals surface area contributed by atoms with Crippen molar-refractivity contribution in [3.8, 4) is 11.5 Å². The number of benzene rings is 1. The molecule has 22 heavy (non-hydrogen) atoms. The first-order chi connectivity index (χ1) is 10.8. The minimum atomic E-state index is -0.705. The van der Waals surface area contributed by atoms with Crippen LogP contribution in [0.4, 0.5) is 5.13 Å². The lowest BCUT2D eigenvalue weighted by Crippen LogP contribution is -2.40. The molecule has 1 N–H and O–H groups in total. The highest BCUT2D eigenvalue weighted by Crippen LogP contribution is 2.31. The Hall–Kier alpha value is -2.06. The van der Waals surface area contributed by atoms with E-state index in [1.54, 1.807) is 18.2 Å². The number of fused-ring (bicyclic) bond motifs is 1. The Balaban J connectivity index is 1.61. The number of nitrogens with zero attached hydrogens (tertiary/aromatic N) is 2. The molecule has 0 radical (unpaired) electrons. The Kier molecular flexibility index (Phi) is 4.59. The van der Waals surface area contributed by atoms with Gasteiger partial charge < -0.3 is 9.47 Å². The molecule has 3 rings (SSSR count). The first-order valence-corrected chi connectivity index (χ1v) is 8.33. The Morgan fingerprint density at radius 3 is 3.09 bits per heavy atom. The fourth-order valence-electron chi connectivity index (χ4n) is 1.78. The third-order valence-electron chi connectivity index (χ3n) is 2.76. The van der Waals surface area contributed by atoms with Gasteiger partial charge in [0.15, 0.2) is 15.8 Å². The number of anilines is 1. The summed E-state index contributed by atoms with van der Waals surface area (Å²) in [7, 11) is 0. The third kappa shape index (κ3) is 3.40. The van der Waals surface area contributed by atoms with E-state index in [1.807, 2.05) is 12.1 Å². The molecule has 114 valence electrons. The molecule has 8 heteroatoms. The van der Waals surface area contributed by atoms with Crippen LogP contribution in [0.5, 0.6) is 11.5 Å². The Morgan fingerprint density at radius 1 is 1.45 bits per heavy atom. The summed E-state index contributed by atoms with van der Waals surface area (Å²) < 4.78 is 11.9. The maximum Gasteiger partial charge on any atom is 0.270 e. The second-order valence-corrected chi connectivity index (χ2v) is 6.57. The lowest BCUT2D eigenvalue weighted by molar-refractivity contribution is -0.125. The fraction of sp³-hybridized carbons (Fsp3) is 0.214. The number of rotatable bonds is 5. The van der Waals surface area contributed by atoms with Crippen LogP contribution in [0.3, 0.4) is 0 Å². The number of aromatic nitrogens is 2. The van der Waals surface area contributed by atoms with E-state index in [0.717, 1.165) is 10.1 Å². The van der Waals surface area contributed by atoms with Crippen LogP contribution in [0.25, 0.3) is 0 Å². The van der Waals surface area contributed by atoms with Crippen LogP contribution in [0.1, 0.15) is 0 Å². The molecule has 0 saturated carbocycles. The van der Waals surface area contributed by atoms with Crippen LogP contribution in [-0.2, 0) is 4.79 Å². The lowest BCUT2D eigenvalue weighted by Gasteiger charge is -2.25. The van der Waals surface area contributed by atoms with Gasteiger partial charge in [0, 0.05) is 5.75 Å². The summed E-state index contributed by atoms with van der Waals surface area (Å²) in [5.41, 5.74) is 0. The van der Waals surface area contributed by atoms with Crippen molar-refractivity contribution in [3.05, 3.63) is 36.9 Å². The number of hydrogen-bond acceptors (Lipinski definition) is 7. The van der Waals surface area contributed by atoms with E-state index >= 15 is 0 Å². The Labute approximate surface area is 135 Å². The largest absolute Gasteiger partial charge is 0.485 e. The molecule has 0 saturated heterocycles. The summed E-state index contributed by atoms with van der Waals surface area (Å²) in [6.45, 7) is 3.81. The number of carbonyl (C=O) groups excluding carboxylic acids is 1. The molecule has 1 aliphatic heterocycles. The second kappa shape index (κ2) is 6.80. The molecule has 2 aromatic rings. The van der Waals surface area contributed by atoms with Gasteiger partial charge in [0.1, 0.15) is 6.61 Å². The number of carbonyl (C=O) groups is 1. The molecule has 0 unspecified atom stereocenters. The van der Waals surface area contributed by atoms with Crippen LogP contribution < -0.4 is 14.8 Å². The summed E-state index contributed by atoms with van der Waals surface area (Å²) >= 11 is 2.83. The van der Waals surface area contributed by atoms with Crippen LogP contribution >= 0.6 is 23.1 Å². The van der Waals surface area contributed by atoms with E-state index in [-0.39, 0.29) is 12.5 Å². The highest BCUT2D eigenvalue weighted by atomic mass is 32.2. The maximum atomic E-state index is 12.2. The number of para-hydroxylation sites is 2. The average Bonchev–Trinajstić information content (AvgIpc) is 2.99. The van der Waals surface area contributed by atoms with Gasteiger partial charge >= 0.3 is 0 Å². The van der Waals surface area contributed by atoms with Crippen molar-refractivity contribution in [2.75, 3.05) is 17.7 Å². The molecule has 1 aliphatic rings. The molecule has 0 aliphatic carbocycles.